The van der Waals surface area contributed by atoms with Gasteiger partial charge in [0.15, 0.2) is 12.2 Å². The topological polar surface area (TPSA) is 78.9 Å². The minimum absolute atomic E-state index is 0.168. The van der Waals surface area contributed by atoms with Gasteiger partial charge >= 0.3 is 11.9 Å². The van der Waals surface area contributed by atoms with Crippen LogP contribution in [0.5, 0.6) is 5.75 Å². The van der Waals surface area contributed by atoms with Gasteiger partial charge in [0.1, 0.15) is 18.1 Å². The van der Waals surface area contributed by atoms with Crippen molar-refractivity contribution in [3.63, 3.8) is 0 Å². The molecule has 0 saturated heterocycles. The number of esters is 2. The molecule has 3 atom stereocenters. The molecule has 1 aromatic rings. The molecule has 0 bridgehead atoms. The van der Waals surface area contributed by atoms with E-state index < -0.39 is 30.3 Å². The lowest BCUT2D eigenvalue weighted by Crippen LogP contribution is -2.26. The highest BCUT2D eigenvalue weighted by atomic mass is 16.6. The van der Waals surface area contributed by atoms with Gasteiger partial charge in [-0.25, -0.2) is 9.59 Å². The molecule has 0 spiro atoms. The van der Waals surface area contributed by atoms with Crippen LogP contribution in [0.15, 0.2) is 53.6 Å². The Morgan fingerprint density at radius 2 is 1.76 bits per heavy atom. The molecule has 1 aliphatic heterocycles. The third kappa shape index (κ3) is 4.83. The van der Waals surface area contributed by atoms with Gasteiger partial charge in [0.25, 0.3) is 0 Å². The Morgan fingerprint density at radius 1 is 1.14 bits per heavy atom. The van der Waals surface area contributed by atoms with Crippen LogP contribution in [-0.2, 0) is 23.9 Å². The molecule has 1 aliphatic rings. The lowest BCUT2D eigenvalue weighted by atomic mass is 9.98. The zero-order valence-electron chi connectivity index (χ0n) is 17.4. The average Bonchev–Trinajstić information content (AvgIpc) is 3.09. The van der Waals surface area contributed by atoms with Crippen LogP contribution >= 0.6 is 0 Å². The lowest BCUT2D eigenvalue weighted by Gasteiger charge is -2.20. The number of benzene rings is 1. The van der Waals surface area contributed by atoms with Crippen molar-refractivity contribution >= 4 is 18.2 Å². The Kier molecular flexibility index (Phi) is 7.15. The molecule has 1 heterocycles. The molecule has 0 saturated carbocycles. The van der Waals surface area contributed by atoms with E-state index in [0.717, 1.165) is 0 Å². The fourth-order valence-electron chi connectivity index (χ4n) is 2.74. The first-order chi connectivity index (χ1) is 13.7. The number of fused-ring (bicyclic) bond motifs is 1. The summed E-state index contributed by atoms with van der Waals surface area (Å²) in [4.78, 5) is 35.6. The Balaban J connectivity index is 2.36. The highest BCUT2D eigenvalue weighted by Gasteiger charge is 2.39. The summed E-state index contributed by atoms with van der Waals surface area (Å²) in [6.45, 7) is 12.3. The number of allylic oxidation sites excluding steroid dienone is 2. The highest BCUT2D eigenvalue weighted by Crippen LogP contribution is 2.43. The van der Waals surface area contributed by atoms with Gasteiger partial charge in [0, 0.05) is 22.3 Å². The summed E-state index contributed by atoms with van der Waals surface area (Å²) in [5, 5.41) is 0. The van der Waals surface area contributed by atoms with Crippen LogP contribution in [0, 0.1) is 0 Å². The number of aldehydes is 1. The van der Waals surface area contributed by atoms with E-state index in [9.17, 15) is 14.4 Å². The van der Waals surface area contributed by atoms with Crippen LogP contribution in [0.1, 0.15) is 58.0 Å². The zero-order valence-corrected chi connectivity index (χ0v) is 17.4. The second kappa shape index (κ2) is 9.37. The highest BCUT2D eigenvalue weighted by molar-refractivity contribution is 5.88. The average molecular weight is 398 g/mol. The first-order valence-corrected chi connectivity index (χ1v) is 9.35. The van der Waals surface area contributed by atoms with Gasteiger partial charge in [-0.2, -0.15) is 0 Å². The van der Waals surface area contributed by atoms with E-state index >= 15 is 0 Å². The molecule has 0 amide bonds. The summed E-state index contributed by atoms with van der Waals surface area (Å²) >= 11 is 0. The smallest absolute Gasteiger partial charge is 0.334 e. The Labute approximate surface area is 170 Å². The van der Waals surface area contributed by atoms with Gasteiger partial charge < -0.3 is 14.2 Å². The second-order valence-electron chi connectivity index (χ2n) is 6.85. The van der Waals surface area contributed by atoms with Crippen LogP contribution in [0.25, 0.3) is 0 Å². The van der Waals surface area contributed by atoms with Gasteiger partial charge in [-0.05, 0) is 52.3 Å². The van der Waals surface area contributed by atoms with Crippen molar-refractivity contribution in [2.75, 3.05) is 0 Å². The van der Waals surface area contributed by atoms with E-state index in [1.54, 1.807) is 65.0 Å². The van der Waals surface area contributed by atoms with Gasteiger partial charge in [-0.3, -0.25) is 4.79 Å². The monoisotopic (exact) mass is 398 g/mol. The summed E-state index contributed by atoms with van der Waals surface area (Å²) in [6, 6.07) is 5.24. The minimum Gasteiger partial charge on any atom is -0.481 e. The van der Waals surface area contributed by atoms with Crippen molar-refractivity contribution in [3.8, 4) is 5.75 Å². The van der Waals surface area contributed by atoms with Crippen molar-refractivity contribution < 1.29 is 28.6 Å². The predicted molar refractivity (Wildman–Crippen MR) is 108 cm³/mol. The van der Waals surface area contributed by atoms with Crippen molar-refractivity contribution in [2.45, 2.75) is 52.9 Å². The van der Waals surface area contributed by atoms with Crippen LogP contribution < -0.4 is 4.74 Å². The summed E-state index contributed by atoms with van der Waals surface area (Å²) in [6.07, 6.45) is 1.75. The molecule has 0 N–H and O–H groups in total. The molecule has 6 heteroatoms. The molecule has 29 heavy (non-hydrogen) atoms. The maximum atomic E-state index is 12.3. The fourth-order valence-corrected chi connectivity index (χ4v) is 2.74. The van der Waals surface area contributed by atoms with E-state index in [-0.39, 0.29) is 5.57 Å². The van der Waals surface area contributed by atoms with E-state index in [2.05, 4.69) is 6.58 Å². The molecule has 6 nitrogen and oxygen atoms in total. The number of rotatable bonds is 7. The van der Waals surface area contributed by atoms with E-state index in [4.69, 9.17) is 14.2 Å². The van der Waals surface area contributed by atoms with Gasteiger partial charge in [-0.15, -0.1) is 0 Å². The van der Waals surface area contributed by atoms with Crippen molar-refractivity contribution in [1.82, 2.24) is 0 Å². The molecular weight excluding hydrogens is 372 g/mol. The SMILES string of the molecule is C=C(C=O)C1Oc2ccc(C(C)OC(=O)C(C)=CC)cc2C1OC(=O)C(C)=CC. The van der Waals surface area contributed by atoms with Crippen molar-refractivity contribution in [3.05, 3.63) is 64.8 Å². The molecule has 1 aromatic carbocycles. The normalized spacial score (nSPS) is 19.6. The van der Waals surface area contributed by atoms with Crippen molar-refractivity contribution in [1.29, 1.82) is 0 Å². The fraction of sp³-hybridized carbons (Fsp3) is 0.348. The van der Waals surface area contributed by atoms with E-state index in [1.807, 2.05) is 0 Å². The molecule has 0 radical (unpaired) electrons. The summed E-state index contributed by atoms with van der Waals surface area (Å²) in [7, 11) is 0. The Morgan fingerprint density at radius 3 is 2.34 bits per heavy atom. The molecule has 0 aliphatic carbocycles. The Hall–Kier alpha value is -3.15. The third-order valence-corrected chi connectivity index (χ3v) is 4.88. The number of hydrogen-bond donors (Lipinski definition) is 0. The van der Waals surface area contributed by atoms with Crippen LogP contribution in [0.2, 0.25) is 0 Å². The van der Waals surface area contributed by atoms with Gasteiger partial charge in [0.2, 0.25) is 0 Å². The first-order valence-electron chi connectivity index (χ1n) is 9.35. The van der Waals surface area contributed by atoms with Crippen LogP contribution in [0.3, 0.4) is 0 Å². The largest absolute Gasteiger partial charge is 0.481 e. The molecule has 3 unspecified atom stereocenters. The van der Waals surface area contributed by atoms with Crippen LogP contribution in [0.4, 0.5) is 0 Å². The standard InChI is InChI=1S/C23H26O6/c1-7-13(3)22(25)27-16(6)17-9-10-19-18(11-17)21(20(28-19)15(5)12-24)29-23(26)14(4)8-2/h7-12,16,20-21H,5H2,1-4,6H3. The molecule has 2 rings (SSSR count). The van der Waals surface area contributed by atoms with Crippen LogP contribution in [-0.4, -0.2) is 24.3 Å². The van der Waals surface area contributed by atoms with E-state index in [0.29, 0.717) is 34.3 Å². The first kappa shape index (κ1) is 22.1. The molecular formula is C23H26O6. The zero-order chi connectivity index (χ0) is 21.7. The summed E-state index contributed by atoms with van der Waals surface area (Å²) in [5.41, 5.74) is 2.43. The maximum Gasteiger partial charge on any atom is 0.334 e. The van der Waals surface area contributed by atoms with E-state index in [1.165, 1.54) is 0 Å². The maximum absolute atomic E-state index is 12.3. The molecule has 0 fully saturated rings. The summed E-state index contributed by atoms with van der Waals surface area (Å²) < 4.78 is 16.9. The van der Waals surface area contributed by atoms with Gasteiger partial charge in [-0.1, -0.05) is 24.8 Å². The predicted octanol–water partition coefficient (Wildman–Crippen LogP) is 4.32. The number of carbonyl (C=O) groups excluding carboxylic acids is 3. The Bertz CT molecular complexity index is 893. The van der Waals surface area contributed by atoms with Crippen molar-refractivity contribution in [2.24, 2.45) is 0 Å². The minimum atomic E-state index is -0.828. The second-order valence-corrected chi connectivity index (χ2v) is 6.85. The number of carbonyl (C=O) groups is 3. The van der Waals surface area contributed by atoms with Gasteiger partial charge in [0.05, 0.1) is 0 Å². The number of ether oxygens (including phenoxy) is 3. The number of hydrogen-bond acceptors (Lipinski definition) is 6. The third-order valence-electron chi connectivity index (χ3n) is 4.88. The quantitative estimate of drug-likeness (QED) is 0.387. The lowest BCUT2D eigenvalue weighted by molar-refractivity contribution is -0.147. The molecule has 0 aromatic heterocycles. The molecule has 154 valence electrons. The summed E-state index contributed by atoms with van der Waals surface area (Å²) in [5.74, 6) is -0.428.